The molecule has 0 aliphatic rings. The summed E-state index contributed by atoms with van der Waals surface area (Å²) in [6, 6.07) is 8.05. The maximum Gasteiger partial charge on any atom is 0.226 e. The lowest BCUT2D eigenvalue weighted by molar-refractivity contribution is 0.326. The zero-order valence-corrected chi connectivity index (χ0v) is 10.9. The van der Waals surface area contributed by atoms with Gasteiger partial charge in [0.05, 0.1) is 12.6 Å². The van der Waals surface area contributed by atoms with Crippen molar-refractivity contribution in [2.45, 2.75) is 19.9 Å². The molecule has 1 unspecified atom stereocenters. The van der Waals surface area contributed by atoms with Gasteiger partial charge in [-0.25, -0.2) is 9.37 Å². The van der Waals surface area contributed by atoms with Gasteiger partial charge in [0.2, 0.25) is 11.8 Å². The number of ether oxygens (including phenoxy) is 1. The standard InChI is InChI=1S/C14H16FN3O/c1-3-19-13-7-8-16-14(18-13)17-10(2)11-5-4-6-12(15)9-11/h4-10H,3H2,1-2H3,(H,16,17,18). The van der Waals surface area contributed by atoms with Crippen molar-refractivity contribution in [3.8, 4) is 5.88 Å². The predicted octanol–water partition coefficient (Wildman–Crippen LogP) is 3.19. The van der Waals surface area contributed by atoms with Crippen LogP contribution in [0.4, 0.5) is 10.3 Å². The van der Waals surface area contributed by atoms with Crippen molar-refractivity contribution in [1.82, 2.24) is 9.97 Å². The Morgan fingerprint density at radius 1 is 1.37 bits per heavy atom. The molecule has 19 heavy (non-hydrogen) atoms. The fraction of sp³-hybridized carbons (Fsp3) is 0.286. The second-order valence-corrected chi connectivity index (χ2v) is 4.07. The van der Waals surface area contributed by atoms with E-state index in [2.05, 4.69) is 15.3 Å². The maximum absolute atomic E-state index is 13.2. The highest BCUT2D eigenvalue weighted by Crippen LogP contribution is 2.18. The molecule has 0 radical (unpaired) electrons. The lowest BCUT2D eigenvalue weighted by Crippen LogP contribution is -2.10. The van der Waals surface area contributed by atoms with E-state index in [9.17, 15) is 4.39 Å². The molecule has 1 N–H and O–H groups in total. The summed E-state index contributed by atoms with van der Waals surface area (Å²) in [4.78, 5) is 8.33. The highest BCUT2D eigenvalue weighted by atomic mass is 19.1. The number of hydrogen-bond donors (Lipinski definition) is 1. The summed E-state index contributed by atoms with van der Waals surface area (Å²) < 4.78 is 18.5. The van der Waals surface area contributed by atoms with Crippen molar-refractivity contribution in [1.29, 1.82) is 0 Å². The first-order valence-electron chi connectivity index (χ1n) is 6.17. The average Bonchev–Trinajstić information content (AvgIpc) is 2.39. The monoisotopic (exact) mass is 261 g/mol. The van der Waals surface area contributed by atoms with Crippen molar-refractivity contribution in [3.05, 3.63) is 47.9 Å². The Morgan fingerprint density at radius 2 is 2.21 bits per heavy atom. The molecule has 0 aliphatic heterocycles. The van der Waals surface area contributed by atoms with Gasteiger partial charge in [0.15, 0.2) is 0 Å². The van der Waals surface area contributed by atoms with Crippen LogP contribution in [0.3, 0.4) is 0 Å². The van der Waals surface area contributed by atoms with Crippen molar-refractivity contribution in [3.63, 3.8) is 0 Å². The van der Waals surface area contributed by atoms with Gasteiger partial charge >= 0.3 is 0 Å². The number of aromatic nitrogens is 2. The van der Waals surface area contributed by atoms with Crippen LogP contribution in [0.5, 0.6) is 5.88 Å². The van der Waals surface area contributed by atoms with E-state index in [0.717, 1.165) is 5.56 Å². The van der Waals surface area contributed by atoms with Gasteiger partial charge in [-0.1, -0.05) is 12.1 Å². The van der Waals surface area contributed by atoms with Crippen LogP contribution in [0, 0.1) is 5.82 Å². The molecule has 0 aliphatic carbocycles. The second-order valence-electron chi connectivity index (χ2n) is 4.07. The van der Waals surface area contributed by atoms with E-state index in [1.165, 1.54) is 12.1 Å². The Bertz CT molecular complexity index is 548. The molecular weight excluding hydrogens is 245 g/mol. The fourth-order valence-corrected chi connectivity index (χ4v) is 1.69. The number of nitrogens with zero attached hydrogens (tertiary/aromatic N) is 2. The summed E-state index contributed by atoms with van der Waals surface area (Å²) in [5.74, 6) is 0.726. The highest BCUT2D eigenvalue weighted by molar-refractivity contribution is 5.33. The maximum atomic E-state index is 13.2. The van der Waals surface area contributed by atoms with E-state index < -0.39 is 0 Å². The van der Waals surface area contributed by atoms with Gasteiger partial charge in [-0.15, -0.1) is 0 Å². The Balaban J connectivity index is 2.10. The number of anilines is 1. The number of nitrogens with one attached hydrogen (secondary N) is 1. The lowest BCUT2D eigenvalue weighted by atomic mass is 10.1. The average molecular weight is 261 g/mol. The molecule has 100 valence electrons. The third kappa shape index (κ3) is 3.64. The third-order valence-corrected chi connectivity index (χ3v) is 2.62. The zero-order valence-electron chi connectivity index (χ0n) is 10.9. The molecule has 2 rings (SSSR count). The van der Waals surface area contributed by atoms with Crippen molar-refractivity contribution < 1.29 is 9.13 Å². The van der Waals surface area contributed by atoms with Crippen LogP contribution in [-0.4, -0.2) is 16.6 Å². The topological polar surface area (TPSA) is 47.0 Å². The normalized spacial score (nSPS) is 11.9. The quantitative estimate of drug-likeness (QED) is 0.898. The van der Waals surface area contributed by atoms with Gasteiger partial charge in [-0.2, -0.15) is 4.98 Å². The summed E-state index contributed by atoms with van der Waals surface area (Å²) in [5, 5.41) is 3.12. The van der Waals surface area contributed by atoms with E-state index in [1.807, 2.05) is 19.9 Å². The first-order chi connectivity index (χ1) is 9.19. The van der Waals surface area contributed by atoms with E-state index in [0.29, 0.717) is 18.4 Å². The molecule has 0 saturated carbocycles. The van der Waals surface area contributed by atoms with Gasteiger partial charge in [0.1, 0.15) is 5.82 Å². The number of hydrogen-bond acceptors (Lipinski definition) is 4. The molecule has 0 bridgehead atoms. The summed E-state index contributed by atoms with van der Waals surface area (Å²) in [7, 11) is 0. The minimum absolute atomic E-state index is 0.0902. The highest BCUT2D eigenvalue weighted by Gasteiger charge is 2.08. The number of rotatable bonds is 5. The first kappa shape index (κ1) is 13.3. The molecule has 1 aromatic heterocycles. The van der Waals surface area contributed by atoms with Gasteiger partial charge in [-0.05, 0) is 31.5 Å². The van der Waals surface area contributed by atoms with E-state index in [-0.39, 0.29) is 11.9 Å². The summed E-state index contributed by atoms with van der Waals surface area (Å²) in [6.07, 6.45) is 1.62. The van der Waals surface area contributed by atoms with Gasteiger partial charge < -0.3 is 10.1 Å². The minimum atomic E-state index is -0.255. The Labute approximate surface area is 111 Å². The Hall–Kier alpha value is -2.17. The van der Waals surface area contributed by atoms with Crippen molar-refractivity contribution >= 4 is 5.95 Å². The van der Waals surface area contributed by atoms with E-state index in [4.69, 9.17) is 4.74 Å². The number of benzene rings is 1. The van der Waals surface area contributed by atoms with Crippen LogP contribution in [-0.2, 0) is 0 Å². The molecule has 1 aromatic carbocycles. The summed E-state index contributed by atoms with van der Waals surface area (Å²) in [5.41, 5.74) is 0.838. The van der Waals surface area contributed by atoms with Crippen LogP contribution < -0.4 is 10.1 Å². The van der Waals surface area contributed by atoms with E-state index in [1.54, 1.807) is 18.3 Å². The molecule has 0 fully saturated rings. The molecule has 1 atom stereocenters. The third-order valence-electron chi connectivity index (χ3n) is 2.62. The van der Waals surface area contributed by atoms with Crippen LogP contribution in [0.25, 0.3) is 0 Å². The molecule has 4 nitrogen and oxygen atoms in total. The molecule has 2 aromatic rings. The van der Waals surface area contributed by atoms with Gasteiger partial charge in [-0.3, -0.25) is 0 Å². The predicted molar refractivity (Wildman–Crippen MR) is 71.6 cm³/mol. The molecule has 0 saturated heterocycles. The van der Waals surface area contributed by atoms with Crippen LogP contribution in [0.15, 0.2) is 36.5 Å². The molecular formula is C14H16FN3O. The Morgan fingerprint density at radius 3 is 2.95 bits per heavy atom. The summed E-state index contributed by atoms with van der Waals surface area (Å²) >= 11 is 0. The van der Waals surface area contributed by atoms with Crippen molar-refractivity contribution in [2.75, 3.05) is 11.9 Å². The molecule has 5 heteroatoms. The smallest absolute Gasteiger partial charge is 0.226 e. The van der Waals surface area contributed by atoms with Crippen LogP contribution in [0.2, 0.25) is 0 Å². The number of halogens is 1. The van der Waals surface area contributed by atoms with Crippen molar-refractivity contribution in [2.24, 2.45) is 0 Å². The Kier molecular flexibility index (Phi) is 4.28. The van der Waals surface area contributed by atoms with Crippen LogP contribution in [0.1, 0.15) is 25.5 Å². The second kappa shape index (κ2) is 6.13. The largest absolute Gasteiger partial charge is 0.478 e. The first-order valence-corrected chi connectivity index (χ1v) is 6.17. The van der Waals surface area contributed by atoms with E-state index >= 15 is 0 Å². The van der Waals surface area contributed by atoms with Crippen LogP contribution >= 0.6 is 0 Å². The fourth-order valence-electron chi connectivity index (χ4n) is 1.69. The van der Waals surface area contributed by atoms with Gasteiger partial charge in [0.25, 0.3) is 0 Å². The molecule has 0 spiro atoms. The van der Waals surface area contributed by atoms with Gasteiger partial charge in [0, 0.05) is 12.3 Å². The lowest BCUT2D eigenvalue weighted by Gasteiger charge is -2.14. The SMILES string of the molecule is CCOc1ccnc(NC(C)c2cccc(F)c2)n1. The summed E-state index contributed by atoms with van der Waals surface area (Å²) in [6.45, 7) is 4.37. The molecule has 0 amide bonds. The zero-order chi connectivity index (χ0) is 13.7. The minimum Gasteiger partial charge on any atom is -0.478 e. The molecule has 1 heterocycles.